The van der Waals surface area contributed by atoms with Gasteiger partial charge in [-0.15, -0.1) is 0 Å². The van der Waals surface area contributed by atoms with Gasteiger partial charge in [0.1, 0.15) is 6.10 Å². The van der Waals surface area contributed by atoms with Crippen LogP contribution in [0.5, 0.6) is 0 Å². The Kier molecular flexibility index (Phi) is 5.59. The van der Waals surface area contributed by atoms with Crippen LogP contribution in [0.2, 0.25) is 0 Å². The number of amides is 1. The molecule has 6 heteroatoms. The van der Waals surface area contributed by atoms with Crippen LogP contribution in [0, 0.1) is 0 Å². The highest BCUT2D eigenvalue weighted by Crippen LogP contribution is 2.28. The van der Waals surface area contributed by atoms with Gasteiger partial charge >= 0.3 is 0 Å². The second kappa shape index (κ2) is 8.06. The van der Waals surface area contributed by atoms with Crippen molar-refractivity contribution in [2.75, 3.05) is 6.61 Å². The largest absolute Gasteiger partial charge is 0.371 e. The van der Waals surface area contributed by atoms with Gasteiger partial charge in [-0.3, -0.25) is 14.5 Å². The predicted molar refractivity (Wildman–Crippen MR) is 90.3 cm³/mol. The SMILES string of the molecule is CCn1cc([C@H]2OCCC[C@@H]2NC(=O)CCc2ccccn2)cn1. The molecule has 1 amide bonds. The molecule has 6 nitrogen and oxygen atoms in total. The van der Waals surface area contributed by atoms with Gasteiger partial charge in [0, 0.05) is 43.2 Å². The van der Waals surface area contributed by atoms with E-state index < -0.39 is 0 Å². The van der Waals surface area contributed by atoms with Gasteiger partial charge in [0.25, 0.3) is 0 Å². The number of hydrogen-bond acceptors (Lipinski definition) is 4. The number of carbonyl (C=O) groups excluding carboxylic acids is 1. The average Bonchev–Trinajstić information content (AvgIpc) is 3.10. The second-order valence-electron chi connectivity index (χ2n) is 6.06. The summed E-state index contributed by atoms with van der Waals surface area (Å²) in [5.74, 6) is 0.0454. The fraction of sp³-hybridized carbons (Fsp3) is 0.500. The molecule has 2 atom stereocenters. The number of aromatic nitrogens is 3. The molecule has 2 aromatic heterocycles. The lowest BCUT2D eigenvalue weighted by molar-refractivity contribution is -0.124. The van der Waals surface area contributed by atoms with Crippen LogP contribution in [0.4, 0.5) is 0 Å². The minimum absolute atomic E-state index is 0.00416. The number of pyridine rings is 1. The van der Waals surface area contributed by atoms with Crippen LogP contribution in [0.25, 0.3) is 0 Å². The maximum Gasteiger partial charge on any atom is 0.220 e. The first-order valence-corrected chi connectivity index (χ1v) is 8.59. The lowest BCUT2D eigenvalue weighted by atomic mass is 9.98. The monoisotopic (exact) mass is 328 g/mol. The summed E-state index contributed by atoms with van der Waals surface area (Å²) < 4.78 is 7.80. The topological polar surface area (TPSA) is 69.0 Å². The van der Waals surface area contributed by atoms with E-state index in [1.165, 1.54) is 0 Å². The Labute approximate surface area is 142 Å². The van der Waals surface area contributed by atoms with E-state index in [4.69, 9.17) is 4.74 Å². The van der Waals surface area contributed by atoms with Gasteiger partial charge in [-0.05, 0) is 38.3 Å². The van der Waals surface area contributed by atoms with E-state index in [1.807, 2.05) is 35.3 Å². The van der Waals surface area contributed by atoms with Crippen molar-refractivity contribution in [3.8, 4) is 0 Å². The van der Waals surface area contributed by atoms with Crippen molar-refractivity contribution in [1.82, 2.24) is 20.1 Å². The molecule has 1 aliphatic rings. The number of hydrogen-bond donors (Lipinski definition) is 1. The standard InChI is InChI=1S/C18H24N4O2/c1-2-22-13-14(12-20-22)18-16(7-5-11-24-18)21-17(23)9-8-15-6-3-4-10-19-15/h3-4,6,10,12-13,16,18H,2,5,7-9,11H2,1H3,(H,21,23)/t16-,18+/m0/s1. The van der Waals surface area contributed by atoms with Crippen molar-refractivity contribution in [3.63, 3.8) is 0 Å². The quantitative estimate of drug-likeness (QED) is 0.883. The van der Waals surface area contributed by atoms with Crippen molar-refractivity contribution in [2.24, 2.45) is 0 Å². The maximum atomic E-state index is 12.3. The number of nitrogens with zero attached hydrogens (tertiary/aromatic N) is 3. The molecule has 0 aromatic carbocycles. The van der Waals surface area contributed by atoms with Crippen LogP contribution in [-0.2, 0) is 22.5 Å². The third kappa shape index (κ3) is 4.20. The summed E-state index contributed by atoms with van der Waals surface area (Å²) in [5.41, 5.74) is 1.97. The molecule has 1 aliphatic heterocycles. The van der Waals surface area contributed by atoms with Crippen molar-refractivity contribution >= 4 is 5.91 Å². The van der Waals surface area contributed by atoms with E-state index in [9.17, 15) is 4.79 Å². The predicted octanol–water partition coefficient (Wildman–Crippen LogP) is 2.27. The van der Waals surface area contributed by atoms with Gasteiger partial charge in [-0.25, -0.2) is 0 Å². The summed E-state index contributed by atoms with van der Waals surface area (Å²) in [6.45, 7) is 3.60. The Bertz CT molecular complexity index is 656. The molecule has 1 saturated heterocycles. The molecule has 0 aliphatic carbocycles. The lowest BCUT2D eigenvalue weighted by Gasteiger charge is -2.31. The Balaban J connectivity index is 1.58. The fourth-order valence-electron chi connectivity index (χ4n) is 3.02. The first-order chi connectivity index (χ1) is 11.8. The van der Waals surface area contributed by atoms with Crippen LogP contribution in [0.15, 0.2) is 36.8 Å². The van der Waals surface area contributed by atoms with Crippen LogP contribution in [-0.4, -0.2) is 33.3 Å². The Morgan fingerprint density at radius 2 is 2.38 bits per heavy atom. The molecule has 0 radical (unpaired) electrons. The molecule has 0 unspecified atom stereocenters. The zero-order valence-corrected chi connectivity index (χ0v) is 14.0. The minimum Gasteiger partial charge on any atom is -0.371 e. The molecule has 3 rings (SSSR count). The van der Waals surface area contributed by atoms with E-state index >= 15 is 0 Å². The van der Waals surface area contributed by atoms with Crippen LogP contribution in [0.1, 0.15) is 43.5 Å². The molecular weight excluding hydrogens is 304 g/mol. The van der Waals surface area contributed by atoms with E-state index in [0.29, 0.717) is 12.8 Å². The highest BCUT2D eigenvalue weighted by Gasteiger charge is 2.29. The third-order valence-corrected chi connectivity index (χ3v) is 4.31. The van der Waals surface area contributed by atoms with Gasteiger partial charge in [0.05, 0.1) is 12.2 Å². The molecule has 0 bridgehead atoms. The summed E-state index contributed by atoms with van der Waals surface area (Å²) in [6, 6.07) is 5.77. The first kappa shape index (κ1) is 16.6. The molecular formula is C18H24N4O2. The molecule has 3 heterocycles. The third-order valence-electron chi connectivity index (χ3n) is 4.31. The summed E-state index contributed by atoms with van der Waals surface area (Å²) >= 11 is 0. The summed E-state index contributed by atoms with van der Waals surface area (Å²) in [7, 11) is 0. The van der Waals surface area contributed by atoms with E-state index in [-0.39, 0.29) is 18.1 Å². The zero-order chi connectivity index (χ0) is 16.8. The van der Waals surface area contributed by atoms with Crippen molar-refractivity contribution in [3.05, 3.63) is 48.0 Å². The molecule has 0 spiro atoms. The fourth-order valence-corrected chi connectivity index (χ4v) is 3.02. The highest BCUT2D eigenvalue weighted by molar-refractivity contribution is 5.76. The van der Waals surface area contributed by atoms with Gasteiger partial charge in [-0.2, -0.15) is 5.10 Å². The van der Waals surface area contributed by atoms with Crippen LogP contribution >= 0.6 is 0 Å². The number of nitrogens with one attached hydrogen (secondary N) is 1. The highest BCUT2D eigenvalue weighted by atomic mass is 16.5. The van der Waals surface area contributed by atoms with Gasteiger partial charge in [-0.1, -0.05) is 6.07 Å². The normalized spacial score (nSPS) is 20.7. The average molecular weight is 328 g/mol. The van der Waals surface area contributed by atoms with E-state index in [2.05, 4.69) is 22.3 Å². The van der Waals surface area contributed by atoms with Crippen LogP contribution in [0.3, 0.4) is 0 Å². The molecule has 0 saturated carbocycles. The Morgan fingerprint density at radius 1 is 1.46 bits per heavy atom. The Morgan fingerprint density at radius 3 is 3.12 bits per heavy atom. The van der Waals surface area contributed by atoms with Gasteiger partial charge in [0.15, 0.2) is 0 Å². The smallest absolute Gasteiger partial charge is 0.220 e. The number of aryl methyl sites for hydroxylation is 2. The van der Waals surface area contributed by atoms with Crippen molar-refractivity contribution in [2.45, 2.75) is 51.3 Å². The van der Waals surface area contributed by atoms with Gasteiger partial charge in [0.2, 0.25) is 5.91 Å². The van der Waals surface area contributed by atoms with Crippen molar-refractivity contribution in [1.29, 1.82) is 0 Å². The number of carbonyl (C=O) groups is 1. The molecule has 128 valence electrons. The van der Waals surface area contributed by atoms with Gasteiger partial charge < -0.3 is 10.1 Å². The maximum absolute atomic E-state index is 12.3. The summed E-state index contributed by atoms with van der Waals surface area (Å²) in [6.07, 6.45) is 8.46. The second-order valence-corrected chi connectivity index (χ2v) is 6.06. The number of rotatable bonds is 6. The zero-order valence-electron chi connectivity index (χ0n) is 14.0. The first-order valence-electron chi connectivity index (χ1n) is 8.59. The molecule has 1 fully saturated rings. The Hall–Kier alpha value is -2.21. The lowest BCUT2D eigenvalue weighted by Crippen LogP contribution is -2.42. The molecule has 2 aromatic rings. The van der Waals surface area contributed by atoms with E-state index in [1.54, 1.807) is 6.20 Å². The van der Waals surface area contributed by atoms with E-state index in [0.717, 1.165) is 37.3 Å². The summed E-state index contributed by atoms with van der Waals surface area (Å²) in [5, 5.41) is 7.45. The molecule has 24 heavy (non-hydrogen) atoms. The van der Waals surface area contributed by atoms with Crippen molar-refractivity contribution < 1.29 is 9.53 Å². The summed E-state index contributed by atoms with van der Waals surface area (Å²) in [4.78, 5) is 16.6. The van der Waals surface area contributed by atoms with Crippen LogP contribution < -0.4 is 5.32 Å². The minimum atomic E-state index is -0.113. The number of ether oxygens (including phenoxy) is 1. The molecule has 1 N–H and O–H groups in total.